The summed E-state index contributed by atoms with van der Waals surface area (Å²) in [4.78, 5) is 19.3. The molecule has 1 amide bonds. The number of carbonyl (C=O) groups is 1. The molecule has 0 spiro atoms. The summed E-state index contributed by atoms with van der Waals surface area (Å²) in [6.07, 6.45) is 9.39. The number of aromatic nitrogens is 4. The number of nitrogens with one attached hydrogen (secondary N) is 1. The normalized spacial score (nSPS) is 18.3. The molecule has 1 aliphatic heterocycles. The zero-order chi connectivity index (χ0) is 17.1. The number of piperidine rings is 1. The van der Waals surface area contributed by atoms with E-state index in [1.165, 1.54) is 0 Å². The van der Waals surface area contributed by atoms with Crippen LogP contribution in [-0.4, -0.2) is 37.1 Å². The van der Waals surface area contributed by atoms with E-state index in [2.05, 4.69) is 40.5 Å². The Morgan fingerprint density at radius 1 is 1.42 bits per heavy atom. The first-order valence-corrected chi connectivity index (χ1v) is 8.88. The van der Waals surface area contributed by atoms with E-state index in [1.54, 1.807) is 0 Å². The number of H-pyrrole nitrogens is 1. The second kappa shape index (κ2) is 7.20. The van der Waals surface area contributed by atoms with Gasteiger partial charge in [0.15, 0.2) is 0 Å². The number of hydrogen-bond donors (Lipinski definition) is 1. The Morgan fingerprint density at radius 3 is 2.96 bits per heavy atom. The highest BCUT2D eigenvalue weighted by Crippen LogP contribution is 2.31. The smallest absolute Gasteiger partial charge is 0.224 e. The molecule has 0 unspecified atom stereocenters. The highest BCUT2D eigenvalue weighted by atomic mass is 16.2. The van der Waals surface area contributed by atoms with Gasteiger partial charge in [-0.2, -0.15) is 5.10 Å². The second-order valence-corrected chi connectivity index (χ2v) is 6.95. The van der Waals surface area contributed by atoms with Crippen molar-refractivity contribution in [2.24, 2.45) is 0 Å². The minimum Gasteiger partial charge on any atom is -0.334 e. The quantitative estimate of drug-likeness (QED) is 0.916. The maximum atomic E-state index is 12.8. The van der Waals surface area contributed by atoms with Gasteiger partial charge < -0.3 is 9.47 Å². The topological polar surface area (TPSA) is 66.8 Å². The molecule has 0 bridgehead atoms. The zero-order valence-corrected chi connectivity index (χ0v) is 14.8. The Kier molecular flexibility index (Phi) is 5.02. The fourth-order valence-electron chi connectivity index (χ4n) is 3.59. The number of aryl methyl sites for hydroxylation is 2. The van der Waals surface area contributed by atoms with Crippen LogP contribution in [0.15, 0.2) is 18.6 Å². The number of amides is 1. The number of aromatic amines is 1. The molecular formula is C18H27N5O. The van der Waals surface area contributed by atoms with Crippen LogP contribution in [0.5, 0.6) is 0 Å². The number of nitrogens with zero attached hydrogens (tertiary/aromatic N) is 4. The lowest BCUT2D eigenvalue weighted by Gasteiger charge is -2.35. The van der Waals surface area contributed by atoms with E-state index in [0.717, 1.165) is 42.9 Å². The monoisotopic (exact) mass is 329 g/mol. The number of hydrogen-bond acceptors (Lipinski definition) is 3. The Labute approximate surface area is 143 Å². The molecule has 0 aliphatic carbocycles. The molecule has 0 radical (unpaired) electrons. The summed E-state index contributed by atoms with van der Waals surface area (Å²) < 4.78 is 2.10. The highest BCUT2D eigenvalue weighted by Gasteiger charge is 2.29. The fraction of sp³-hybridized carbons (Fsp3) is 0.611. The highest BCUT2D eigenvalue weighted by molar-refractivity contribution is 5.76. The lowest BCUT2D eigenvalue weighted by atomic mass is 9.97. The molecule has 3 heterocycles. The number of carbonyl (C=O) groups excluding carboxylic acids is 1. The molecule has 1 atom stereocenters. The molecule has 2 aromatic heterocycles. The molecule has 0 aromatic carbocycles. The van der Waals surface area contributed by atoms with E-state index in [9.17, 15) is 4.79 Å². The van der Waals surface area contributed by atoms with Gasteiger partial charge in [-0.15, -0.1) is 0 Å². The first kappa shape index (κ1) is 16.7. The van der Waals surface area contributed by atoms with Gasteiger partial charge in [0.1, 0.15) is 5.82 Å². The number of imidazole rings is 1. The summed E-state index contributed by atoms with van der Waals surface area (Å²) in [5.41, 5.74) is 2.23. The maximum absolute atomic E-state index is 12.8. The lowest BCUT2D eigenvalue weighted by molar-refractivity contribution is -0.135. The van der Waals surface area contributed by atoms with Crippen LogP contribution in [0.25, 0.3) is 0 Å². The van der Waals surface area contributed by atoms with Gasteiger partial charge in [0.2, 0.25) is 5.91 Å². The van der Waals surface area contributed by atoms with Gasteiger partial charge in [-0.25, -0.2) is 4.98 Å². The summed E-state index contributed by atoms with van der Waals surface area (Å²) >= 11 is 0. The first-order valence-electron chi connectivity index (χ1n) is 8.88. The van der Waals surface area contributed by atoms with E-state index in [-0.39, 0.29) is 11.9 Å². The molecule has 130 valence electrons. The van der Waals surface area contributed by atoms with E-state index < -0.39 is 0 Å². The van der Waals surface area contributed by atoms with E-state index >= 15 is 0 Å². The van der Waals surface area contributed by atoms with Crippen LogP contribution in [0.4, 0.5) is 0 Å². The van der Waals surface area contributed by atoms with E-state index in [1.807, 2.05) is 23.5 Å². The van der Waals surface area contributed by atoms with Crippen molar-refractivity contribution in [1.82, 2.24) is 24.6 Å². The molecule has 2 aromatic rings. The summed E-state index contributed by atoms with van der Waals surface area (Å²) in [6.45, 7) is 7.83. The molecule has 0 saturated carbocycles. The predicted molar refractivity (Wildman–Crippen MR) is 92.6 cm³/mol. The molecule has 6 heteroatoms. The van der Waals surface area contributed by atoms with Crippen molar-refractivity contribution in [3.05, 3.63) is 35.7 Å². The van der Waals surface area contributed by atoms with Crippen molar-refractivity contribution in [2.75, 3.05) is 6.54 Å². The molecule has 1 aliphatic rings. The minimum absolute atomic E-state index is 0.140. The molecule has 6 nitrogen and oxygen atoms in total. The van der Waals surface area contributed by atoms with Crippen LogP contribution >= 0.6 is 0 Å². The molecule has 24 heavy (non-hydrogen) atoms. The Balaban J connectivity index is 1.68. The van der Waals surface area contributed by atoms with Gasteiger partial charge in [0, 0.05) is 37.8 Å². The van der Waals surface area contributed by atoms with Crippen LogP contribution < -0.4 is 0 Å². The fourth-order valence-corrected chi connectivity index (χ4v) is 3.59. The van der Waals surface area contributed by atoms with Crippen molar-refractivity contribution >= 4 is 5.91 Å². The van der Waals surface area contributed by atoms with Crippen LogP contribution in [0.3, 0.4) is 0 Å². The van der Waals surface area contributed by atoms with Crippen LogP contribution in [0.1, 0.15) is 68.6 Å². The standard InChI is InChI=1S/C18H27N5O/c1-13(2)18-19-8-11-22(18)10-7-16(24)23-9-5-4-6-15(23)17-14(3)12-20-21-17/h8,11-13,15H,4-7,9-10H2,1-3H3,(H,20,21)/t15-/m1/s1. The van der Waals surface area contributed by atoms with Crippen LogP contribution in [-0.2, 0) is 11.3 Å². The Morgan fingerprint density at radius 2 is 2.25 bits per heavy atom. The van der Waals surface area contributed by atoms with Crippen LogP contribution in [0.2, 0.25) is 0 Å². The summed E-state index contributed by atoms with van der Waals surface area (Å²) in [5, 5.41) is 7.23. The lowest BCUT2D eigenvalue weighted by Crippen LogP contribution is -2.39. The van der Waals surface area contributed by atoms with E-state index in [4.69, 9.17) is 0 Å². The number of likely N-dealkylation sites (tertiary alicyclic amines) is 1. The van der Waals surface area contributed by atoms with Gasteiger partial charge in [-0.3, -0.25) is 9.89 Å². The summed E-state index contributed by atoms with van der Waals surface area (Å²) in [5.74, 6) is 1.63. The second-order valence-electron chi connectivity index (χ2n) is 6.95. The minimum atomic E-state index is 0.140. The third-order valence-corrected chi connectivity index (χ3v) is 4.86. The van der Waals surface area contributed by atoms with Gasteiger partial charge in [0.25, 0.3) is 0 Å². The largest absolute Gasteiger partial charge is 0.334 e. The average Bonchev–Trinajstić information content (AvgIpc) is 3.21. The summed E-state index contributed by atoms with van der Waals surface area (Å²) in [7, 11) is 0. The molecular weight excluding hydrogens is 302 g/mol. The third-order valence-electron chi connectivity index (χ3n) is 4.86. The van der Waals surface area contributed by atoms with Crippen molar-refractivity contribution in [1.29, 1.82) is 0 Å². The Bertz CT molecular complexity index is 687. The van der Waals surface area contributed by atoms with Crippen molar-refractivity contribution in [2.45, 2.75) is 65.0 Å². The molecule has 1 N–H and O–H groups in total. The Hall–Kier alpha value is -2.11. The predicted octanol–water partition coefficient (Wildman–Crippen LogP) is 3.18. The van der Waals surface area contributed by atoms with Gasteiger partial charge >= 0.3 is 0 Å². The van der Waals surface area contributed by atoms with Crippen molar-refractivity contribution < 1.29 is 4.79 Å². The SMILES string of the molecule is Cc1cn[nH]c1[C@H]1CCCCN1C(=O)CCn1ccnc1C(C)C. The zero-order valence-electron chi connectivity index (χ0n) is 14.8. The van der Waals surface area contributed by atoms with Gasteiger partial charge in [-0.1, -0.05) is 13.8 Å². The maximum Gasteiger partial charge on any atom is 0.224 e. The first-order chi connectivity index (χ1) is 11.6. The van der Waals surface area contributed by atoms with E-state index in [0.29, 0.717) is 18.9 Å². The molecule has 1 saturated heterocycles. The molecule has 3 rings (SSSR count). The third kappa shape index (κ3) is 3.37. The van der Waals surface area contributed by atoms with Crippen molar-refractivity contribution in [3.8, 4) is 0 Å². The van der Waals surface area contributed by atoms with Crippen LogP contribution in [0, 0.1) is 6.92 Å². The van der Waals surface area contributed by atoms with Crippen molar-refractivity contribution in [3.63, 3.8) is 0 Å². The summed E-state index contributed by atoms with van der Waals surface area (Å²) in [6, 6.07) is 0.140. The molecule has 1 fully saturated rings. The van der Waals surface area contributed by atoms with Gasteiger partial charge in [-0.05, 0) is 31.7 Å². The average molecular weight is 329 g/mol. The number of rotatable bonds is 5. The van der Waals surface area contributed by atoms with Gasteiger partial charge in [0.05, 0.1) is 17.9 Å².